The van der Waals surface area contributed by atoms with Crippen molar-refractivity contribution < 1.29 is 4.39 Å². The van der Waals surface area contributed by atoms with Gasteiger partial charge in [0.05, 0.1) is 5.02 Å². The van der Waals surface area contributed by atoms with Crippen molar-refractivity contribution in [3.05, 3.63) is 70.0 Å². The summed E-state index contributed by atoms with van der Waals surface area (Å²) in [6.45, 7) is 4.61. The molecule has 3 heteroatoms. The van der Waals surface area contributed by atoms with Crippen LogP contribution >= 0.6 is 11.6 Å². The van der Waals surface area contributed by atoms with Crippen molar-refractivity contribution in [2.75, 3.05) is 0 Å². The first-order valence-corrected chi connectivity index (χ1v) is 6.69. The second-order valence-corrected chi connectivity index (χ2v) is 5.08. The molecular weight excluding hydrogens is 261 g/mol. The lowest BCUT2D eigenvalue weighted by atomic mass is 10.0. The normalized spacial score (nSPS) is 12.4. The first-order chi connectivity index (χ1) is 9.09. The molecule has 0 unspecified atom stereocenters. The van der Waals surface area contributed by atoms with Crippen LogP contribution in [0, 0.1) is 12.7 Å². The summed E-state index contributed by atoms with van der Waals surface area (Å²) < 4.78 is 13.8. The van der Waals surface area contributed by atoms with E-state index < -0.39 is 0 Å². The van der Waals surface area contributed by atoms with E-state index >= 15 is 0 Å². The van der Waals surface area contributed by atoms with Gasteiger partial charge in [-0.25, -0.2) is 4.39 Å². The van der Waals surface area contributed by atoms with Crippen molar-refractivity contribution in [3.8, 4) is 0 Å². The van der Waals surface area contributed by atoms with E-state index in [4.69, 9.17) is 11.6 Å². The zero-order valence-electron chi connectivity index (χ0n) is 11.1. The van der Waals surface area contributed by atoms with Gasteiger partial charge in [-0.1, -0.05) is 48.0 Å². The topological polar surface area (TPSA) is 12.0 Å². The van der Waals surface area contributed by atoms with Crippen LogP contribution < -0.4 is 5.32 Å². The van der Waals surface area contributed by atoms with Gasteiger partial charge in [0.2, 0.25) is 0 Å². The molecule has 0 saturated heterocycles. The molecule has 0 aliphatic carbocycles. The number of nitrogens with one attached hydrogen (secondary N) is 1. The predicted molar refractivity (Wildman–Crippen MR) is 77.8 cm³/mol. The highest BCUT2D eigenvalue weighted by molar-refractivity contribution is 6.30. The summed E-state index contributed by atoms with van der Waals surface area (Å²) >= 11 is 5.77. The zero-order valence-corrected chi connectivity index (χ0v) is 11.8. The SMILES string of the molecule is Cc1ccccc1[C@H](C)NCc1cccc(Cl)c1F. The lowest BCUT2D eigenvalue weighted by Gasteiger charge is -2.17. The van der Waals surface area contributed by atoms with E-state index in [1.807, 2.05) is 12.1 Å². The molecule has 1 atom stereocenters. The fourth-order valence-electron chi connectivity index (χ4n) is 2.13. The van der Waals surface area contributed by atoms with Gasteiger partial charge >= 0.3 is 0 Å². The van der Waals surface area contributed by atoms with Crippen molar-refractivity contribution in [1.82, 2.24) is 5.32 Å². The van der Waals surface area contributed by atoms with Crippen molar-refractivity contribution >= 4 is 11.6 Å². The van der Waals surface area contributed by atoms with E-state index in [2.05, 4.69) is 31.3 Å². The lowest BCUT2D eigenvalue weighted by molar-refractivity contribution is 0.543. The minimum absolute atomic E-state index is 0.166. The minimum Gasteiger partial charge on any atom is -0.306 e. The van der Waals surface area contributed by atoms with Crippen LogP contribution in [0.2, 0.25) is 5.02 Å². The molecule has 0 amide bonds. The fraction of sp³-hybridized carbons (Fsp3) is 0.250. The van der Waals surface area contributed by atoms with Crippen LogP contribution in [0.1, 0.15) is 29.7 Å². The summed E-state index contributed by atoms with van der Waals surface area (Å²) in [4.78, 5) is 0. The van der Waals surface area contributed by atoms with Gasteiger partial charge in [0, 0.05) is 18.2 Å². The third-order valence-electron chi connectivity index (χ3n) is 3.29. The van der Waals surface area contributed by atoms with E-state index in [1.54, 1.807) is 18.2 Å². The Labute approximate surface area is 118 Å². The van der Waals surface area contributed by atoms with Crippen LogP contribution in [0.15, 0.2) is 42.5 Å². The number of aryl methyl sites for hydroxylation is 1. The largest absolute Gasteiger partial charge is 0.306 e. The molecule has 0 saturated carbocycles. The van der Waals surface area contributed by atoms with Crippen LogP contribution in [0.25, 0.3) is 0 Å². The minimum atomic E-state index is -0.339. The number of hydrogen-bond donors (Lipinski definition) is 1. The monoisotopic (exact) mass is 277 g/mol. The molecule has 19 heavy (non-hydrogen) atoms. The molecular formula is C16H17ClFN. The van der Waals surface area contributed by atoms with Gasteiger partial charge in [-0.05, 0) is 31.0 Å². The van der Waals surface area contributed by atoms with Gasteiger partial charge in [0.25, 0.3) is 0 Å². The van der Waals surface area contributed by atoms with Gasteiger partial charge in [0.15, 0.2) is 0 Å². The van der Waals surface area contributed by atoms with Crippen molar-refractivity contribution in [2.45, 2.75) is 26.4 Å². The van der Waals surface area contributed by atoms with E-state index in [-0.39, 0.29) is 16.9 Å². The molecule has 1 N–H and O–H groups in total. The maximum Gasteiger partial charge on any atom is 0.146 e. The summed E-state index contributed by atoms with van der Waals surface area (Å²) in [7, 11) is 0. The maximum absolute atomic E-state index is 13.8. The summed E-state index contributed by atoms with van der Waals surface area (Å²) in [5.41, 5.74) is 3.05. The Kier molecular flexibility index (Phi) is 4.56. The number of benzene rings is 2. The highest BCUT2D eigenvalue weighted by Crippen LogP contribution is 2.20. The average Bonchev–Trinajstić information content (AvgIpc) is 2.40. The molecule has 0 spiro atoms. The number of rotatable bonds is 4. The quantitative estimate of drug-likeness (QED) is 0.858. The second-order valence-electron chi connectivity index (χ2n) is 4.67. The van der Waals surface area contributed by atoms with Gasteiger partial charge in [-0.15, -0.1) is 0 Å². The van der Waals surface area contributed by atoms with Gasteiger partial charge in [0.1, 0.15) is 5.82 Å². The van der Waals surface area contributed by atoms with Crippen LogP contribution in [-0.2, 0) is 6.54 Å². The third kappa shape index (κ3) is 3.34. The first-order valence-electron chi connectivity index (χ1n) is 6.31. The Morgan fingerprint density at radius 1 is 1.16 bits per heavy atom. The molecule has 0 aromatic heterocycles. The highest BCUT2D eigenvalue weighted by atomic mass is 35.5. The summed E-state index contributed by atoms with van der Waals surface area (Å²) in [5.74, 6) is -0.339. The zero-order chi connectivity index (χ0) is 13.8. The van der Waals surface area contributed by atoms with Crippen LogP contribution in [0.3, 0.4) is 0 Å². The van der Waals surface area contributed by atoms with E-state index in [1.165, 1.54) is 11.1 Å². The molecule has 1 nitrogen and oxygen atoms in total. The van der Waals surface area contributed by atoms with E-state index in [0.717, 1.165) is 0 Å². The Bertz CT molecular complexity index is 568. The average molecular weight is 278 g/mol. The molecule has 0 radical (unpaired) electrons. The Hall–Kier alpha value is -1.38. The molecule has 2 aromatic carbocycles. The Morgan fingerprint density at radius 2 is 1.89 bits per heavy atom. The maximum atomic E-state index is 13.8. The molecule has 0 fully saturated rings. The van der Waals surface area contributed by atoms with Crippen LogP contribution in [0.4, 0.5) is 4.39 Å². The number of hydrogen-bond acceptors (Lipinski definition) is 1. The molecule has 100 valence electrons. The standard InChI is InChI=1S/C16H17ClFN/c1-11-6-3-4-8-14(11)12(2)19-10-13-7-5-9-15(17)16(13)18/h3-9,12,19H,10H2,1-2H3/t12-/m0/s1. The molecule has 2 rings (SSSR count). The van der Waals surface area contributed by atoms with Crippen molar-refractivity contribution in [1.29, 1.82) is 0 Å². The number of halogens is 2. The van der Waals surface area contributed by atoms with Gasteiger partial charge in [-0.2, -0.15) is 0 Å². The fourth-order valence-corrected chi connectivity index (χ4v) is 2.32. The highest BCUT2D eigenvalue weighted by Gasteiger charge is 2.10. The molecule has 0 bridgehead atoms. The van der Waals surface area contributed by atoms with E-state index in [0.29, 0.717) is 12.1 Å². The first kappa shape index (κ1) is 14.0. The van der Waals surface area contributed by atoms with E-state index in [9.17, 15) is 4.39 Å². The van der Waals surface area contributed by atoms with Crippen molar-refractivity contribution in [2.24, 2.45) is 0 Å². The van der Waals surface area contributed by atoms with Gasteiger partial charge in [-0.3, -0.25) is 0 Å². The van der Waals surface area contributed by atoms with Crippen LogP contribution in [-0.4, -0.2) is 0 Å². The smallest absolute Gasteiger partial charge is 0.146 e. The summed E-state index contributed by atoms with van der Waals surface area (Å²) in [6.07, 6.45) is 0. The second kappa shape index (κ2) is 6.18. The summed E-state index contributed by atoms with van der Waals surface area (Å²) in [5, 5.41) is 3.49. The van der Waals surface area contributed by atoms with Crippen molar-refractivity contribution in [3.63, 3.8) is 0 Å². The summed E-state index contributed by atoms with van der Waals surface area (Å²) in [6, 6.07) is 13.4. The Morgan fingerprint density at radius 3 is 2.63 bits per heavy atom. The molecule has 2 aromatic rings. The third-order valence-corrected chi connectivity index (χ3v) is 3.58. The Balaban J connectivity index is 2.07. The predicted octanol–water partition coefficient (Wildman–Crippen LogP) is 4.64. The molecule has 0 aliphatic rings. The van der Waals surface area contributed by atoms with Gasteiger partial charge < -0.3 is 5.32 Å². The lowest BCUT2D eigenvalue weighted by Crippen LogP contribution is -2.19. The van der Waals surface area contributed by atoms with Crippen LogP contribution in [0.5, 0.6) is 0 Å². The molecule has 0 heterocycles. The molecule has 0 aliphatic heterocycles.